The lowest BCUT2D eigenvalue weighted by atomic mass is 9.92. The number of nitrogen functional groups attached to an aromatic ring is 1. The van der Waals surface area contributed by atoms with E-state index < -0.39 is 0 Å². The highest BCUT2D eigenvalue weighted by molar-refractivity contribution is 6.31. The Hall–Kier alpha value is -3.00. The minimum absolute atomic E-state index is 0.134. The number of hydrogen-bond acceptors (Lipinski definition) is 6. The molecule has 2 aromatic carbocycles. The van der Waals surface area contributed by atoms with Crippen LogP contribution in [0.1, 0.15) is 31.5 Å². The second kappa shape index (κ2) is 9.93. The molecule has 3 heterocycles. The highest BCUT2D eigenvalue weighted by Gasteiger charge is 2.36. The van der Waals surface area contributed by atoms with Gasteiger partial charge in [-0.1, -0.05) is 31.5 Å². The van der Waals surface area contributed by atoms with Crippen molar-refractivity contribution in [3.63, 3.8) is 0 Å². The first-order valence-electron chi connectivity index (χ1n) is 12.1. The largest absolute Gasteiger partial charge is 0.383 e. The number of carbonyl (C=O) groups excluding carboxylic acids is 1. The lowest BCUT2D eigenvalue weighted by molar-refractivity contribution is -0.118. The zero-order valence-corrected chi connectivity index (χ0v) is 20.9. The Morgan fingerprint density at radius 1 is 1.11 bits per heavy atom. The van der Waals surface area contributed by atoms with Gasteiger partial charge in [-0.3, -0.25) is 9.80 Å². The van der Waals surface area contributed by atoms with Gasteiger partial charge in [-0.2, -0.15) is 0 Å². The molecule has 0 saturated carbocycles. The fraction of sp³-hybridized carbons (Fsp3) is 0.370. The molecule has 8 heteroatoms. The zero-order chi connectivity index (χ0) is 24.5. The number of anilines is 1. The third kappa shape index (κ3) is 5.03. The van der Waals surface area contributed by atoms with E-state index in [9.17, 15) is 4.79 Å². The second-order valence-corrected chi connectivity index (χ2v) is 10.3. The number of hydrogen-bond donors (Lipinski definition) is 2. The molecule has 2 atom stereocenters. The van der Waals surface area contributed by atoms with Crippen molar-refractivity contribution in [2.24, 2.45) is 5.92 Å². The van der Waals surface area contributed by atoms with Gasteiger partial charge in [0.15, 0.2) is 0 Å². The number of carbonyl (C=O) groups is 1. The molecule has 0 spiro atoms. The normalized spacial score (nSPS) is 19.7. The van der Waals surface area contributed by atoms with Crippen molar-refractivity contribution in [2.75, 3.05) is 18.8 Å². The quantitative estimate of drug-likeness (QED) is 0.366. The number of piperazine rings is 1. The summed E-state index contributed by atoms with van der Waals surface area (Å²) in [6.45, 7) is 7.61. The van der Waals surface area contributed by atoms with Crippen LogP contribution in [0, 0.1) is 5.92 Å². The molecule has 5 rings (SSSR count). The van der Waals surface area contributed by atoms with E-state index >= 15 is 0 Å². The van der Waals surface area contributed by atoms with E-state index in [-0.39, 0.29) is 12.1 Å². The number of nitrogens with one attached hydrogen (secondary N) is 1. The second-order valence-electron chi connectivity index (χ2n) is 9.90. The molecule has 0 aliphatic carbocycles. The van der Waals surface area contributed by atoms with E-state index in [1.54, 1.807) is 0 Å². The zero-order valence-electron chi connectivity index (χ0n) is 20.1. The molecule has 0 bridgehead atoms. The number of aldehydes is 1. The monoisotopic (exact) mass is 490 g/mol. The maximum atomic E-state index is 12.5. The van der Waals surface area contributed by atoms with Gasteiger partial charge in [0.1, 0.15) is 18.4 Å². The van der Waals surface area contributed by atoms with Gasteiger partial charge in [-0.15, -0.1) is 0 Å². The van der Waals surface area contributed by atoms with E-state index in [1.165, 1.54) is 6.33 Å². The fourth-order valence-electron chi connectivity index (χ4n) is 5.28. The fourth-order valence-corrected chi connectivity index (χ4v) is 5.46. The molecule has 1 aliphatic heterocycles. The van der Waals surface area contributed by atoms with Crippen molar-refractivity contribution < 1.29 is 4.79 Å². The Kier molecular flexibility index (Phi) is 6.73. The molecule has 7 nitrogen and oxygen atoms in total. The SMILES string of the molecule is CC(C)C[C@H]1C(C=O)N(Cc2ccc3c(N)ncnc3c2)CCN1Cc1cc2cc(Cl)ccc2[nH]1. The molecule has 35 heavy (non-hydrogen) atoms. The number of rotatable bonds is 7. The maximum Gasteiger partial charge on any atom is 0.138 e. The summed E-state index contributed by atoms with van der Waals surface area (Å²) < 4.78 is 0. The predicted octanol–water partition coefficient (Wildman–Crippen LogP) is 4.65. The first-order valence-corrected chi connectivity index (χ1v) is 12.5. The van der Waals surface area contributed by atoms with Gasteiger partial charge in [0.2, 0.25) is 0 Å². The van der Waals surface area contributed by atoms with Crippen molar-refractivity contribution in [3.05, 3.63) is 65.1 Å². The van der Waals surface area contributed by atoms with Gasteiger partial charge in [0, 0.05) is 59.2 Å². The average Bonchev–Trinajstić information content (AvgIpc) is 3.22. The van der Waals surface area contributed by atoms with Crippen LogP contribution in [-0.2, 0) is 17.9 Å². The minimum Gasteiger partial charge on any atom is -0.383 e. The summed E-state index contributed by atoms with van der Waals surface area (Å²) in [6, 6.07) is 14.1. The molecule has 2 aromatic heterocycles. The molecule has 1 fully saturated rings. The summed E-state index contributed by atoms with van der Waals surface area (Å²) in [5, 5.41) is 2.70. The Balaban J connectivity index is 1.37. The van der Waals surface area contributed by atoms with E-state index in [2.05, 4.69) is 56.8 Å². The lowest BCUT2D eigenvalue weighted by Gasteiger charge is -2.46. The van der Waals surface area contributed by atoms with Crippen molar-refractivity contribution in [3.8, 4) is 0 Å². The van der Waals surface area contributed by atoms with Gasteiger partial charge in [-0.05, 0) is 54.3 Å². The Morgan fingerprint density at radius 3 is 2.74 bits per heavy atom. The van der Waals surface area contributed by atoms with Crippen LogP contribution in [0.5, 0.6) is 0 Å². The number of fused-ring (bicyclic) bond motifs is 2. The summed E-state index contributed by atoms with van der Waals surface area (Å²) in [7, 11) is 0. The molecule has 0 radical (unpaired) electrons. The number of benzene rings is 2. The van der Waals surface area contributed by atoms with Crippen molar-refractivity contribution >= 4 is 45.5 Å². The van der Waals surface area contributed by atoms with Crippen molar-refractivity contribution in [2.45, 2.75) is 45.4 Å². The third-order valence-electron chi connectivity index (χ3n) is 6.94. The minimum atomic E-state index is -0.184. The predicted molar refractivity (Wildman–Crippen MR) is 141 cm³/mol. The van der Waals surface area contributed by atoms with Gasteiger partial charge in [-0.25, -0.2) is 9.97 Å². The van der Waals surface area contributed by atoms with Gasteiger partial charge in [0.05, 0.1) is 11.6 Å². The summed E-state index contributed by atoms with van der Waals surface area (Å²) >= 11 is 6.18. The van der Waals surface area contributed by atoms with Crippen LogP contribution in [0.15, 0.2) is 48.8 Å². The number of nitrogens with two attached hydrogens (primary N) is 1. The first kappa shape index (κ1) is 23.7. The maximum absolute atomic E-state index is 12.5. The number of halogens is 1. The smallest absolute Gasteiger partial charge is 0.138 e. The molecule has 4 aromatic rings. The van der Waals surface area contributed by atoms with Gasteiger partial charge >= 0.3 is 0 Å². The molecule has 1 saturated heterocycles. The number of nitrogens with zero attached hydrogens (tertiary/aromatic N) is 4. The van der Waals surface area contributed by atoms with Crippen LogP contribution in [0.2, 0.25) is 5.02 Å². The molecular formula is C27H31ClN6O. The summed E-state index contributed by atoms with van der Waals surface area (Å²) in [5.74, 6) is 0.962. The molecule has 182 valence electrons. The first-order chi connectivity index (χ1) is 16.9. The summed E-state index contributed by atoms with van der Waals surface area (Å²) in [6.07, 6.45) is 3.57. The summed E-state index contributed by atoms with van der Waals surface area (Å²) in [5.41, 5.74) is 10.2. The van der Waals surface area contributed by atoms with Gasteiger partial charge in [0.25, 0.3) is 0 Å². The standard InChI is InChI=1S/C27H31ClN6O/c1-17(2)9-25-26(15-35)33(13-18-3-5-22-24(10-18)30-16-31-27(22)29)7-8-34(25)14-21-12-19-11-20(28)4-6-23(19)32-21/h3-6,10-12,15-17,25-26,32H,7-9,13-14H2,1-2H3,(H2,29,30,31)/t25-,26?/m0/s1. The Bertz CT molecular complexity index is 1350. The van der Waals surface area contributed by atoms with Crippen LogP contribution >= 0.6 is 11.6 Å². The van der Waals surface area contributed by atoms with E-state index in [0.29, 0.717) is 18.3 Å². The van der Waals surface area contributed by atoms with E-state index in [4.69, 9.17) is 17.3 Å². The van der Waals surface area contributed by atoms with Gasteiger partial charge < -0.3 is 15.5 Å². The summed E-state index contributed by atoms with van der Waals surface area (Å²) in [4.78, 5) is 29.2. The highest BCUT2D eigenvalue weighted by Crippen LogP contribution is 2.28. The number of H-pyrrole nitrogens is 1. The number of aromatic amines is 1. The molecular weight excluding hydrogens is 460 g/mol. The Labute approximate surface area is 210 Å². The lowest BCUT2D eigenvalue weighted by Crippen LogP contribution is -2.59. The van der Waals surface area contributed by atoms with E-state index in [1.807, 2.05) is 24.3 Å². The molecule has 3 N–H and O–H groups in total. The van der Waals surface area contributed by atoms with Crippen LogP contribution in [0.4, 0.5) is 5.82 Å². The molecule has 1 aliphatic rings. The van der Waals surface area contributed by atoms with Crippen LogP contribution in [-0.4, -0.2) is 56.2 Å². The van der Waals surface area contributed by atoms with Crippen LogP contribution in [0.25, 0.3) is 21.8 Å². The average molecular weight is 491 g/mol. The Morgan fingerprint density at radius 2 is 1.94 bits per heavy atom. The third-order valence-corrected chi connectivity index (χ3v) is 7.18. The molecule has 0 amide bonds. The molecule has 1 unspecified atom stereocenters. The van der Waals surface area contributed by atoms with E-state index in [0.717, 1.165) is 70.4 Å². The van der Waals surface area contributed by atoms with Crippen molar-refractivity contribution in [1.82, 2.24) is 24.8 Å². The number of aromatic nitrogens is 3. The van der Waals surface area contributed by atoms with Crippen LogP contribution in [0.3, 0.4) is 0 Å². The van der Waals surface area contributed by atoms with Crippen LogP contribution < -0.4 is 5.73 Å². The van der Waals surface area contributed by atoms with Crippen molar-refractivity contribution in [1.29, 1.82) is 0 Å². The highest BCUT2D eigenvalue weighted by atomic mass is 35.5. The topological polar surface area (TPSA) is 91.1 Å².